The molecule has 6 heteroatoms. The Hall–Kier alpha value is -1.14. The molecule has 0 aromatic heterocycles. The van der Waals surface area contributed by atoms with E-state index in [-0.39, 0.29) is 18.0 Å². The first kappa shape index (κ1) is 13.3. The average molecular weight is 255 g/mol. The summed E-state index contributed by atoms with van der Waals surface area (Å²) in [5.74, 6) is -0.240. The first-order valence-electron chi connectivity index (χ1n) is 6.42. The topological polar surface area (TPSA) is 61.9 Å². The van der Waals surface area contributed by atoms with Crippen molar-refractivity contribution in [2.45, 2.75) is 32.4 Å². The number of imide groups is 1. The molecule has 0 aromatic carbocycles. The van der Waals surface area contributed by atoms with Crippen LogP contribution in [0.25, 0.3) is 0 Å². The summed E-state index contributed by atoms with van der Waals surface area (Å²) in [5, 5.41) is 2.35. The van der Waals surface area contributed by atoms with Gasteiger partial charge in [0.15, 0.2) is 0 Å². The van der Waals surface area contributed by atoms with Crippen LogP contribution in [0.1, 0.15) is 20.8 Å². The van der Waals surface area contributed by atoms with Crippen molar-refractivity contribution in [2.75, 3.05) is 32.8 Å². The molecule has 6 nitrogen and oxygen atoms in total. The summed E-state index contributed by atoms with van der Waals surface area (Å²) in [6, 6.07) is -0.317. The minimum Gasteiger partial charge on any atom is -0.374 e. The van der Waals surface area contributed by atoms with Gasteiger partial charge in [0.1, 0.15) is 5.54 Å². The van der Waals surface area contributed by atoms with E-state index < -0.39 is 5.54 Å². The maximum atomic E-state index is 11.7. The number of rotatable bonds is 3. The molecule has 102 valence electrons. The molecule has 2 heterocycles. The SMILES string of the molecule is CCN1CCOC(CN2C(=O)NC(=O)C2(C)C)C1. The van der Waals surface area contributed by atoms with Crippen molar-refractivity contribution < 1.29 is 14.3 Å². The predicted octanol–water partition coefficient (Wildman–Crippen LogP) is 0.0375. The maximum absolute atomic E-state index is 11.7. The lowest BCUT2D eigenvalue weighted by molar-refractivity contribution is -0.126. The summed E-state index contributed by atoms with van der Waals surface area (Å²) in [6.07, 6.45) is -0.0189. The zero-order valence-electron chi connectivity index (χ0n) is 11.2. The Labute approximate surface area is 107 Å². The van der Waals surface area contributed by atoms with Crippen molar-refractivity contribution in [1.29, 1.82) is 0 Å². The quantitative estimate of drug-likeness (QED) is 0.723. The second-order valence-electron chi connectivity index (χ2n) is 5.31. The highest BCUT2D eigenvalue weighted by molar-refractivity contribution is 6.06. The van der Waals surface area contributed by atoms with Crippen molar-refractivity contribution in [3.8, 4) is 0 Å². The standard InChI is InChI=1S/C12H21N3O3/c1-4-14-5-6-18-9(7-14)8-15-11(17)13-10(16)12(15,2)3/h9H,4-8H2,1-3H3,(H,13,16,17). The average Bonchev–Trinajstić information content (AvgIpc) is 2.52. The smallest absolute Gasteiger partial charge is 0.325 e. The first-order valence-corrected chi connectivity index (χ1v) is 6.42. The largest absolute Gasteiger partial charge is 0.374 e. The van der Waals surface area contributed by atoms with Gasteiger partial charge in [-0.3, -0.25) is 15.0 Å². The van der Waals surface area contributed by atoms with Gasteiger partial charge in [0.05, 0.1) is 19.3 Å². The van der Waals surface area contributed by atoms with Crippen LogP contribution in [-0.4, -0.2) is 66.2 Å². The van der Waals surface area contributed by atoms with Crippen LogP contribution in [0.2, 0.25) is 0 Å². The van der Waals surface area contributed by atoms with E-state index in [1.807, 2.05) is 0 Å². The zero-order valence-corrected chi connectivity index (χ0v) is 11.2. The number of hydrogen-bond acceptors (Lipinski definition) is 4. The third-order valence-electron chi connectivity index (χ3n) is 3.75. The number of carbonyl (C=O) groups is 2. The number of carbonyl (C=O) groups excluding carboxylic acids is 2. The molecule has 3 amide bonds. The molecule has 2 aliphatic rings. The van der Waals surface area contributed by atoms with E-state index in [1.54, 1.807) is 18.7 Å². The van der Waals surface area contributed by atoms with Gasteiger partial charge in [-0.15, -0.1) is 0 Å². The van der Waals surface area contributed by atoms with Gasteiger partial charge in [-0.1, -0.05) is 6.92 Å². The summed E-state index contributed by atoms with van der Waals surface area (Å²) in [6.45, 7) is 9.49. The third-order valence-corrected chi connectivity index (χ3v) is 3.75. The molecule has 0 aromatic rings. The Morgan fingerprint density at radius 2 is 2.17 bits per heavy atom. The maximum Gasteiger partial charge on any atom is 0.325 e. The molecule has 2 aliphatic heterocycles. The van der Waals surface area contributed by atoms with Gasteiger partial charge in [-0.25, -0.2) is 4.79 Å². The molecule has 18 heavy (non-hydrogen) atoms. The molecule has 0 spiro atoms. The Morgan fingerprint density at radius 1 is 1.44 bits per heavy atom. The van der Waals surface area contributed by atoms with E-state index in [4.69, 9.17) is 4.74 Å². The van der Waals surface area contributed by atoms with Crippen molar-refractivity contribution in [2.24, 2.45) is 0 Å². The highest BCUT2D eigenvalue weighted by atomic mass is 16.5. The van der Waals surface area contributed by atoms with E-state index in [9.17, 15) is 9.59 Å². The molecule has 0 bridgehead atoms. The van der Waals surface area contributed by atoms with Crippen LogP contribution in [0.15, 0.2) is 0 Å². The minimum atomic E-state index is -0.783. The summed E-state index contributed by atoms with van der Waals surface area (Å²) in [4.78, 5) is 27.3. The lowest BCUT2D eigenvalue weighted by Gasteiger charge is -2.36. The molecule has 2 saturated heterocycles. The first-order chi connectivity index (χ1) is 8.45. The number of urea groups is 1. The Kier molecular flexibility index (Phi) is 3.59. The Bertz CT molecular complexity index is 356. The van der Waals surface area contributed by atoms with E-state index >= 15 is 0 Å². The minimum absolute atomic E-state index is 0.0189. The fraction of sp³-hybridized carbons (Fsp3) is 0.833. The number of amides is 3. The van der Waals surface area contributed by atoms with E-state index in [2.05, 4.69) is 17.1 Å². The molecule has 1 atom stereocenters. The van der Waals surface area contributed by atoms with Crippen molar-refractivity contribution in [1.82, 2.24) is 15.1 Å². The van der Waals surface area contributed by atoms with Crippen molar-refractivity contribution in [3.63, 3.8) is 0 Å². The second kappa shape index (κ2) is 4.85. The van der Waals surface area contributed by atoms with Gasteiger partial charge in [-0.2, -0.15) is 0 Å². The molecule has 0 aliphatic carbocycles. The van der Waals surface area contributed by atoms with Crippen LogP contribution in [-0.2, 0) is 9.53 Å². The molecular formula is C12H21N3O3. The number of morpholine rings is 1. The zero-order chi connectivity index (χ0) is 13.3. The Morgan fingerprint density at radius 3 is 2.72 bits per heavy atom. The van der Waals surface area contributed by atoms with Crippen LogP contribution in [0.5, 0.6) is 0 Å². The normalized spacial score (nSPS) is 28.6. The molecule has 0 saturated carbocycles. The summed E-state index contributed by atoms with van der Waals surface area (Å²) in [5.41, 5.74) is -0.783. The molecule has 1 unspecified atom stereocenters. The van der Waals surface area contributed by atoms with Gasteiger partial charge in [-0.05, 0) is 20.4 Å². The number of nitrogens with zero attached hydrogens (tertiary/aromatic N) is 2. The van der Waals surface area contributed by atoms with E-state index in [0.29, 0.717) is 13.2 Å². The third kappa shape index (κ3) is 2.35. The van der Waals surface area contributed by atoms with Gasteiger partial charge < -0.3 is 9.64 Å². The number of nitrogens with one attached hydrogen (secondary N) is 1. The Balaban J connectivity index is 2.00. The highest BCUT2D eigenvalue weighted by Gasteiger charge is 2.46. The second-order valence-corrected chi connectivity index (χ2v) is 5.31. The van der Waals surface area contributed by atoms with Crippen LogP contribution in [0, 0.1) is 0 Å². The summed E-state index contributed by atoms with van der Waals surface area (Å²) in [7, 11) is 0. The fourth-order valence-electron chi connectivity index (χ4n) is 2.39. The number of likely N-dealkylation sites (N-methyl/N-ethyl adjacent to an activating group) is 1. The van der Waals surface area contributed by atoms with Crippen LogP contribution in [0.3, 0.4) is 0 Å². The molecule has 2 fully saturated rings. The molecular weight excluding hydrogens is 234 g/mol. The molecule has 0 radical (unpaired) electrons. The van der Waals surface area contributed by atoms with Gasteiger partial charge in [0.25, 0.3) is 5.91 Å². The van der Waals surface area contributed by atoms with Crippen molar-refractivity contribution in [3.05, 3.63) is 0 Å². The van der Waals surface area contributed by atoms with Crippen LogP contribution < -0.4 is 5.32 Å². The van der Waals surface area contributed by atoms with E-state index in [0.717, 1.165) is 19.6 Å². The number of hydrogen-bond donors (Lipinski definition) is 1. The highest BCUT2D eigenvalue weighted by Crippen LogP contribution is 2.22. The van der Waals surface area contributed by atoms with Crippen molar-refractivity contribution >= 4 is 11.9 Å². The van der Waals surface area contributed by atoms with E-state index in [1.165, 1.54) is 0 Å². The van der Waals surface area contributed by atoms with Gasteiger partial charge in [0.2, 0.25) is 0 Å². The fourth-order valence-corrected chi connectivity index (χ4v) is 2.39. The number of ether oxygens (including phenoxy) is 1. The van der Waals surface area contributed by atoms with Crippen LogP contribution in [0.4, 0.5) is 4.79 Å². The summed E-state index contributed by atoms with van der Waals surface area (Å²) < 4.78 is 5.67. The molecule has 1 N–H and O–H groups in total. The lowest BCUT2D eigenvalue weighted by Crippen LogP contribution is -2.52. The monoisotopic (exact) mass is 255 g/mol. The lowest BCUT2D eigenvalue weighted by atomic mass is 10.0. The molecule has 2 rings (SSSR count). The van der Waals surface area contributed by atoms with Crippen LogP contribution >= 0.6 is 0 Å². The van der Waals surface area contributed by atoms with Gasteiger partial charge >= 0.3 is 6.03 Å². The summed E-state index contributed by atoms with van der Waals surface area (Å²) >= 11 is 0. The van der Waals surface area contributed by atoms with Gasteiger partial charge in [0, 0.05) is 13.1 Å². The predicted molar refractivity (Wildman–Crippen MR) is 66.2 cm³/mol.